The van der Waals surface area contributed by atoms with Crippen molar-refractivity contribution in [2.45, 2.75) is 97.1 Å². The van der Waals surface area contributed by atoms with Crippen molar-refractivity contribution >= 4 is 69.7 Å². The van der Waals surface area contributed by atoms with Crippen molar-refractivity contribution in [2.24, 2.45) is 0 Å². The Morgan fingerprint density at radius 1 is 0.550 bits per heavy atom. The van der Waals surface area contributed by atoms with Crippen molar-refractivity contribution in [3.63, 3.8) is 0 Å². The smallest absolute Gasteiger partial charge is 0.333 e. The van der Waals surface area contributed by atoms with Crippen LogP contribution in [0.5, 0.6) is 11.5 Å². The van der Waals surface area contributed by atoms with E-state index in [1.54, 1.807) is 0 Å². The van der Waals surface area contributed by atoms with Crippen LogP contribution < -0.4 is 25.4 Å². The van der Waals surface area contributed by atoms with Crippen molar-refractivity contribution in [3.05, 3.63) is 149 Å². The monoisotopic (exact) mass is 812 g/mol. The average molecular weight is 813 g/mol. The van der Waals surface area contributed by atoms with E-state index in [1.165, 1.54) is 116 Å². The minimum absolute atomic E-state index is 0.0632. The zero-order chi connectivity index (χ0) is 40.6. The van der Waals surface area contributed by atoms with Crippen molar-refractivity contribution in [3.8, 4) is 33.8 Å². The highest BCUT2D eigenvalue weighted by Crippen LogP contribution is 2.62. The topological polar surface area (TPSA) is 15.7 Å². The molecule has 2 aliphatic carbocycles. The number of hydrogen-bond donors (Lipinski definition) is 0. The maximum atomic E-state index is 6.87. The molecule has 7 aromatic carbocycles. The summed E-state index contributed by atoms with van der Waals surface area (Å²) in [6.45, 7) is 17.0. The molecular weight excluding hydrogens is 768 g/mol. The zero-order valence-electron chi connectivity index (χ0n) is 35.2. The van der Waals surface area contributed by atoms with Crippen LogP contribution in [0.3, 0.4) is 0 Å². The van der Waals surface area contributed by atoms with Crippen LogP contribution in [0.2, 0.25) is 0 Å². The normalized spacial score (nSPS) is 18.1. The van der Waals surface area contributed by atoms with E-state index in [0.717, 1.165) is 17.2 Å². The van der Waals surface area contributed by atoms with Gasteiger partial charge in [0.1, 0.15) is 5.75 Å². The highest BCUT2D eigenvalue weighted by molar-refractivity contribution is 8.05. The van der Waals surface area contributed by atoms with Crippen LogP contribution in [0.4, 0.5) is 28.4 Å². The minimum atomic E-state index is -0.215. The molecule has 0 spiro atoms. The van der Waals surface area contributed by atoms with Crippen LogP contribution in [-0.4, -0.2) is 6.85 Å². The number of rotatable bonds is 1. The summed E-state index contributed by atoms with van der Waals surface area (Å²) in [6.07, 6.45) is 2.36. The van der Waals surface area contributed by atoms with Gasteiger partial charge in [-0.25, -0.2) is 0 Å². The predicted molar refractivity (Wildman–Crippen MR) is 253 cm³/mol. The first-order valence-corrected chi connectivity index (χ1v) is 23.1. The van der Waals surface area contributed by atoms with Gasteiger partial charge in [-0.1, -0.05) is 132 Å². The zero-order valence-corrected chi connectivity index (χ0v) is 36.8. The molecule has 292 valence electrons. The number of ether oxygens (including phenoxy) is 1. The maximum Gasteiger partial charge on any atom is 0.333 e. The van der Waals surface area contributed by atoms with Gasteiger partial charge in [0.05, 0.1) is 11.4 Å². The Morgan fingerprint density at radius 2 is 1.20 bits per heavy atom. The number of fused-ring (bicyclic) bond motifs is 13. The molecular formula is C54H45BN2OS2. The maximum absolute atomic E-state index is 6.87. The molecule has 0 bridgehead atoms. The fourth-order valence-electron chi connectivity index (χ4n) is 11.7. The summed E-state index contributed by atoms with van der Waals surface area (Å²) in [5, 5.41) is 0. The summed E-state index contributed by atoms with van der Waals surface area (Å²) in [6, 6.07) is 46.3. The van der Waals surface area contributed by atoms with Crippen LogP contribution in [0.25, 0.3) is 22.3 Å². The van der Waals surface area contributed by atoms with E-state index >= 15 is 0 Å². The van der Waals surface area contributed by atoms with Gasteiger partial charge in [-0.15, -0.1) is 0 Å². The molecule has 0 fully saturated rings. The first kappa shape index (κ1) is 35.5. The quantitative estimate of drug-likeness (QED) is 0.153. The Labute approximate surface area is 362 Å². The Balaban J connectivity index is 1.19. The van der Waals surface area contributed by atoms with Gasteiger partial charge in [0.15, 0.2) is 5.75 Å². The second kappa shape index (κ2) is 11.7. The van der Waals surface area contributed by atoms with E-state index in [4.69, 9.17) is 4.74 Å². The summed E-state index contributed by atoms with van der Waals surface area (Å²) in [5.74, 6) is 1.82. The van der Waals surface area contributed by atoms with Crippen LogP contribution >= 0.6 is 23.5 Å². The van der Waals surface area contributed by atoms with E-state index in [2.05, 4.69) is 180 Å². The SMILES string of the molecule is Cc1cc2c(cc1N1c3cc4c(cc3B3c5c1cc1c(c5-c5cccc6c5N3c3ccccc3O6)C(C)(C)c3ccccc3-1)Sc1ccccc1S4)C(C)(C)CCC2(C)C. The fraction of sp³-hybridized carbons (Fsp3) is 0.222. The van der Waals surface area contributed by atoms with Crippen LogP contribution in [-0.2, 0) is 16.2 Å². The molecule has 4 aliphatic heterocycles. The summed E-state index contributed by atoms with van der Waals surface area (Å²) in [4.78, 5) is 10.6. The lowest BCUT2D eigenvalue weighted by molar-refractivity contribution is 0.332. The second-order valence-corrected chi connectivity index (χ2v) is 21.7. The molecule has 60 heavy (non-hydrogen) atoms. The predicted octanol–water partition coefficient (Wildman–Crippen LogP) is 14.1. The number of benzene rings is 7. The highest BCUT2D eigenvalue weighted by Gasteiger charge is 2.52. The molecule has 0 atom stereocenters. The molecule has 0 amide bonds. The Bertz CT molecular complexity index is 3110. The van der Waals surface area contributed by atoms with E-state index in [1.807, 2.05) is 23.5 Å². The van der Waals surface area contributed by atoms with Gasteiger partial charge in [-0.05, 0) is 141 Å². The summed E-state index contributed by atoms with van der Waals surface area (Å²) < 4.78 is 6.87. The lowest BCUT2D eigenvalue weighted by atomic mass is 9.42. The fourth-order valence-corrected chi connectivity index (χ4v) is 14.0. The number of anilines is 5. The number of para-hydroxylation sites is 3. The molecule has 0 aromatic heterocycles. The molecule has 4 heterocycles. The molecule has 6 heteroatoms. The van der Waals surface area contributed by atoms with Crippen molar-refractivity contribution < 1.29 is 4.74 Å². The van der Waals surface area contributed by atoms with Crippen molar-refractivity contribution in [2.75, 3.05) is 9.71 Å². The Hall–Kier alpha value is -5.30. The van der Waals surface area contributed by atoms with E-state index < -0.39 is 0 Å². The molecule has 0 radical (unpaired) electrons. The summed E-state index contributed by atoms with van der Waals surface area (Å²) in [7, 11) is 0. The van der Waals surface area contributed by atoms with Gasteiger partial charge in [0, 0.05) is 47.6 Å². The van der Waals surface area contributed by atoms with Gasteiger partial charge in [0.25, 0.3) is 0 Å². The largest absolute Gasteiger partial charge is 0.453 e. The average Bonchev–Trinajstić information content (AvgIpc) is 3.47. The van der Waals surface area contributed by atoms with Gasteiger partial charge < -0.3 is 14.4 Å². The van der Waals surface area contributed by atoms with Crippen molar-refractivity contribution in [1.82, 2.24) is 0 Å². The third-order valence-corrected chi connectivity index (χ3v) is 17.3. The van der Waals surface area contributed by atoms with Crippen LogP contribution in [0, 0.1) is 6.92 Å². The molecule has 0 unspecified atom stereocenters. The molecule has 13 rings (SSSR count). The highest BCUT2D eigenvalue weighted by atomic mass is 32.2. The Morgan fingerprint density at radius 3 is 1.98 bits per heavy atom. The van der Waals surface area contributed by atoms with Crippen LogP contribution in [0.15, 0.2) is 141 Å². The first-order valence-electron chi connectivity index (χ1n) is 21.5. The second-order valence-electron chi connectivity index (χ2n) is 19.6. The lowest BCUT2D eigenvalue weighted by Crippen LogP contribution is -2.62. The molecule has 6 aliphatic rings. The minimum Gasteiger partial charge on any atom is -0.453 e. The van der Waals surface area contributed by atoms with Gasteiger partial charge in [-0.3, -0.25) is 0 Å². The summed E-state index contributed by atoms with van der Waals surface area (Å²) in [5.41, 5.74) is 21.2. The summed E-state index contributed by atoms with van der Waals surface area (Å²) >= 11 is 3.83. The van der Waals surface area contributed by atoms with Gasteiger partial charge in [-0.2, -0.15) is 0 Å². The molecule has 3 nitrogen and oxygen atoms in total. The third-order valence-electron chi connectivity index (χ3n) is 14.8. The lowest BCUT2D eigenvalue weighted by Gasteiger charge is -2.49. The van der Waals surface area contributed by atoms with Gasteiger partial charge in [0.2, 0.25) is 0 Å². The van der Waals surface area contributed by atoms with E-state index in [-0.39, 0.29) is 23.1 Å². The molecule has 7 aromatic rings. The molecule has 0 saturated heterocycles. The molecule has 0 N–H and O–H groups in total. The van der Waals surface area contributed by atoms with Gasteiger partial charge >= 0.3 is 6.85 Å². The van der Waals surface area contributed by atoms with E-state index in [0.29, 0.717) is 0 Å². The standard InChI is InChI=1S/C54H45BN2OS2/c1-30-25-35-36(53(4,5)24-23-52(35,2)3)27-39(30)56-40-29-47-46(59-44-21-12-13-22-45(44)60-47)28-37(40)55-50-41(56)26-33-31-15-8-9-17-34(31)54(6,7)49(33)48(50)32-16-14-20-43-51(32)57(55)38-18-10-11-19-42(38)58-43/h8-22,25-29H,23-24H2,1-7H3. The third kappa shape index (κ3) is 4.51. The molecule has 0 saturated carbocycles. The number of hydrogen-bond acceptors (Lipinski definition) is 5. The first-order chi connectivity index (χ1) is 28.9. The van der Waals surface area contributed by atoms with Crippen molar-refractivity contribution in [1.29, 1.82) is 0 Å². The Kier molecular flexibility index (Phi) is 6.94. The van der Waals surface area contributed by atoms with E-state index in [9.17, 15) is 0 Å². The van der Waals surface area contributed by atoms with Crippen LogP contribution in [0.1, 0.15) is 82.2 Å². The number of nitrogens with zero attached hydrogens (tertiary/aromatic N) is 2. The number of aryl methyl sites for hydroxylation is 1.